The van der Waals surface area contributed by atoms with Crippen LogP contribution >= 0.6 is 0 Å². The first-order chi connectivity index (χ1) is 12.3. The van der Waals surface area contributed by atoms with E-state index in [0.29, 0.717) is 0 Å². The second-order valence-electron chi connectivity index (χ2n) is 7.23. The summed E-state index contributed by atoms with van der Waals surface area (Å²) in [6.07, 6.45) is 6.57. The molecule has 0 saturated heterocycles. The van der Waals surface area contributed by atoms with Gasteiger partial charge >= 0.3 is 0 Å². The summed E-state index contributed by atoms with van der Waals surface area (Å²) in [6, 6.07) is 14.0. The van der Waals surface area contributed by atoms with E-state index in [-0.39, 0.29) is 5.41 Å². The van der Waals surface area contributed by atoms with Gasteiger partial charge in [-0.25, -0.2) is 0 Å². The number of hydrogen-bond donors (Lipinski definition) is 0. The largest absolute Gasteiger partial charge is 0.463 e. The van der Waals surface area contributed by atoms with Crippen molar-refractivity contribution in [2.24, 2.45) is 0 Å². The van der Waals surface area contributed by atoms with Crippen LogP contribution in [0.3, 0.4) is 0 Å². The Morgan fingerprint density at radius 2 is 1.96 bits per heavy atom. The summed E-state index contributed by atoms with van der Waals surface area (Å²) < 4.78 is 6.55. The zero-order valence-electron chi connectivity index (χ0n) is 15.0. The highest BCUT2D eigenvalue weighted by atomic mass is 16.6. The Balaban J connectivity index is 1.76. The lowest BCUT2D eigenvalue weighted by molar-refractivity contribution is -0.400. The SMILES string of the molecule is CN1c2ccccc2C(C)(C)C12C=Cc1cc(/C=C/[N+](=O)[O-])ccc1O2. The lowest BCUT2D eigenvalue weighted by Gasteiger charge is -2.45. The van der Waals surface area contributed by atoms with E-state index in [0.717, 1.165) is 28.8 Å². The van der Waals surface area contributed by atoms with Crippen LogP contribution in [0.4, 0.5) is 5.69 Å². The van der Waals surface area contributed by atoms with Crippen LogP contribution in [0, 0.1) is 10.1 Å². The van der Waals surface area contributed by atoms with Crippen LogP contribution in [0.5, 0.6) is 5.75 Å². The van der Waals surface area contributed by atoms with Gasteiger partial charge in [-0.2, -0.15) is 0 Å². The fourth-order valence-electron chi connectivity index (χ4n) is 4.05. The van der Waals surface area contributed by atoms with Gasteiger partial charge in [0, 0.05) is 24.4 Å². The Bertz CT molecular complexity index is 961. The smallest absolute Gasteiger partial charge is 0.235 e. The molecule has 1 atom stereocenters. The van der Waals surface area contributed by atoms with Crippen molar-refractivity contribution in [2.75, 3.05) is 11.9 Å². The Hall–Kier alpha value is -3.08. The first-order valence-corrected chi connectivity index (χ1v) is 8.52. The fraction of sp³-hybridized carbons (Fsp3) is 0.238. The maximum Gasteiger partial charge on any atom is 0.235 e. The Morgan fingerprint density at radius 1 is 1.19 bits per heavy atom. The predicted octanol–water partition coefficient (Wildman–Crippen LogP) is 4.46. The van der Waals surface area contributed by atoms with Crippen molar-refractivity contribution in [3.05, 3.63) is 81.5 Å². The average Bonchev–Trinajstić information content (AvgIpc) is 2.79. The summed E-state index contributed by atoms with van der Waals surface area (Å²) in [5.74, 6) is 0.776. The van der Waals surface area contributed by atoms with Crippen molar-refractivity contribution < 1.29 is 9.66 Å². The van der Waals surface area contributed by atoms with Crippen LogP contribution < -0.4 is 9.64 Å². The monoisotopic (exact) mass is 348 g/mol. The van der Waals surface area contributed by atoms with Gasteiger partial charge in [-0.3, -0.25) is 10.1 Å². The normalized spacial score (nSPS) is 22.3. The molecule has 2 aromatic rings. The fourth-order valence-corrected chi connectivity index (χ4v) is 4.05. The predicted molar refractivity (Wildman–Crippen MR) is 103 cm³/mol. The van der Waals surface area contributed by atoms with Gasteiger partial charge in [-0.05, 0) is 55.3 Å². The molecule has 0 fully saturated rings. The third-order valence-corrected chi connectivity index (χ3v) is 5.51. The first-order valence-electron chi connectivity index (χ1n) is 8.52. The second kappa shape index (κ2) is 5.46. The van der Waals surface area contributed by atoms with E-state index < -0.39 is 10.6 Å². The summed E-state index contributed by atoms with van der Waals surface area (Å²) in [6.45, 7) is 4.39. The molecular formula is C21H20N2O3. The lowest BCUT2D eigenvalue weighted by Crippen LogP contribution is -2.58. The molecule has 5 heteroatoms. The minimum absolute atomic E-state index is 0.239. The number of nitro groups is 1. The highest BCUT2D eigenvalue weighted by molar-refractivity contribution is 5.73. The van der Waals surface area contributed by atoms with E-state index in [4.69, 9.17) is 4.74 Å². The number of anilines is 1. The van der Waals surface area contributed by atoms with Crippen molar-refractivity contribution in [2.45, 2.75) is 25.0 Å². The van der Waals surface area contributed by atoms with Crippen molar-refractivity contribution in [1.29, 1.82) is 0 Å². The number of hydrogen-bond acceptors (Lipinski definition) is 4. The van der Waals surface area contributed by atoms with Gasteiger partial charge in [0.25, 0.3) is 0 Å². The summed E-state index contributed by atoms with van der Waals surface area (Å²) in [4.78, 5) is 12.2. The number of para-hydroxylation sites is 1. The maximum atomic E-state index is 10.5. The Morgan fingerprint density at radius 3 is 2.69 bits per heavy atom. The molecule has 2 aliphatic rings. The van der Waals surface area contributed by atoms with E-state index in [9.17, 15) is 10.1 Å². The molecule has 0 saturated carbocycles. The number of likely N-dealkylation sites (N-methyl/N-ethyl adjacent to an activating group) is 1. The summed E-state index contributed by atoms with van der Waals surface area (Å²) in [7, 11) is 2.05. The molecule has 26 heavy (non-hydrogen) atoms. The molecule has 5 nitrogen and oxygen atoms in total. The number of nitrogens with zero attached hydrogens (tertiary/aromatic N) is 2. The average molecular weight is 348 g/mol. The van der Waals surface area contributed by atoms with Crippen molar-refractivity contribution in [3.8, 4) is 5.75 Å². The van der Waals surface area contributed by atoms with Gasteiger partial charge in [0.1, 0.15) is 5.75 Å². The molecule has 0 aliphatic carbocycles. The van der Waals surface area contributed by atoms with Crippen LogP contribution in [-0.4, -0.2) is 17.7 Å². The van der Waals surface area contributed by atoms with Crippen LogP contribution in [-0.2, 0) is 5.41 Å². The molecule has 2 heterocycles. The lowest BCUT2D eigenvalue weighted by atomic mass is 9.76. The zero-order valence-corrected chi connectivity index (χ0v) is 15.0. The minimum Gasteiger partial charge on any atom is -0.463 e. The third kappa shape index (κ3) is 2.17. The highest BCUT2D eigenvalue weighted by Crippen LogP contribution is 2.54. The summed E-state index contributed by atoms with van der Waals surface area (Å²) in [5, 5.41) is 10.5. The molecule has 2 aliphatic heterocycles. The maximum absolute atomic E-state index is 10.5. The van der Waals surface area contributed by atoms with Crippen molar-refractivity contribution >= 4 is 17.8 Å². The standard InChI is InChI=1S/C21H20N2O3/c1-20(2)17-6-4-5-7-18(17)22(3)21(20)12-10-16-14-15(11-13-23(24)25)8-9-19(16)26-21/h4-14H,1-3H3/b13-11+. The molecule has 0 amide bonds. The van der Waals surface area contributed by atoms with Crippen LogP contribution in [0.1, 0.15) is 30.5 Å². The minimum atomic E-state index is -0.609. The molecule has 1 unspecified atom stereocenters. The van der Waals surface area contributed by atoms with Crippen LogP contribution in [0.15, 0.2) is 54.7 Å². The van der Waals surface area contributed by atoms with Crippen molar-refractivity contribution in [3.63, 3.8) is 0 Å². The van der Waals surface area contributed by atoms with E-state index in [2.05, 4.69) is 50.1 Å². The number of ether oxygens (including phenoxy) is 1. The first kappa shape index (κ1) is 16.4. The molecule has 2 aromatic carbocycles. The molecule has 0 aromatic heterocycles. The molecule has 4 rings (SSSR count). The molecule has 1 spiro atoms. The number of fused-ring (bicyclic) bond motifs is 2. The second-order valence-corrected chi connectivity index (χ2v) is 7.23. The summed E-state index contributed by atoms with van der Waals surface area (Å²) in [5.41, 5.74) is 3.25. The molecule has 0 radical (unpaired) electrons. The highest BCUT2D eigenvalue weighted by Gasteiger charge is 2.57. The van der Waals surface area contributed by atoms with Gasteiger partial charge in [0.2, 0.25) is 11.9 Å². The summed E-state index contributed by atoms with van der Waals surface area (Å²) >= 11 is 0. The molecule has 0 bridgehead atoms. The van der Waals surface area contributed by atoms with E-state index in [1.54, 1.807) is 0 Å². The molecule has 0 N–H and O–H groups in total. The van der Waals surface area contributed by atoms with Gasteiger partial charge in [-0.15, -0.1) is 0 Å². The topological polar surface area (TPSA) is 55.6 Å². The quantitative estimate of drug-likeness (QED) is 0.594. The number of benzene rings is 2. The van der Waals surface area contributed by atoms with Gasteiger partial charge in [-0.1, -0.05) is 24.3 Å². The van der Waals surface area contributed by atoms with Gasteiger partial charge in [0.15, 0.2) is 0 Å². The zero-order chi connectivity index (χ0) is 18.5. The number of rotatable bonds is 2. The Labute approximate surface area is 152 Å². The van der Waals surface area contributed by atoms with Crippen LogP contribution in [0.2, 0.25) is 0 Å². The van der Waals surface area contributed by atoms with E-state index >= 15 is 0 Å². The van der Waals surface area contributed by atoms with Crippen molar-refractivity contribution in [1.82, 2.24) is 0 Å². The van der Waals surface area contributed by atoms with E-state index in [1.807, 2.05) is 30.3 Å². The van der Waals surface area contributed by atoms with Gasteiger partial charge in [0.05, 0.1) is 10.3 Å². The van der Waals surface area contributed by atoms with E-state index in [1.165, 1.54) is 11.6 Å². The van der Waals surface area contributed by atoms with Crippen LogP contribution in [0.25, 0.3) is 12.2 Å². The third-order valence-electron chi connectivity index (χ3n) is 5.51. The molecular weight excluding hydrogens is 328 g/mol. The van der Waals surface area contributed by atoms with Gasteiger partial charge < -0.3 is 9.64 Å². The molecule has 132 valence electrons. The Kier molecular flexibility index (Phi) is 3.44.